The van der Waals surface area contributed by atoms with E-state index in [-0.39, 0.29) is 6.67 Å². The Morgan fingerprint density at radius 2 is 2.50 bits per heavy atom. The Balaban J connectivity index is 2.15. The van der Waals surface area contributed by atoms with Gasteiger partial charge in [-0.05, 0) is 20.0 Å². The number of rotatable bonds is 3. The molecule has 60 valence electrons. The Bertz CT molecular complexity index is 97.6. The van der Waals surface area contributed by atoms with E-state index in [4.69, 9.17) is 0 Å². The van der Waals surface area contributed by atoms with Crippen LogP contribution in [0.3, 0.4) is 0 Å². The minimum absolute atomic E-state index is 0.212. The summed E-state index contributed by atoms with van der Waals surface area (Å²) in [5.41, 5.74) is 0. The van der Waals surface area contributed by atoms with Crippen LogP contribution in [0.1, 0.15) is 6.42 Å². The van der Waals surface area contributed by atoms with Gasteiger partial charge in [0.15, 0.2) is 0 Å². The molecule has 0 aromatic heterocycles. The van der Waals surface area contributed by atoms with Gasteiger partial charge in [-0.3, -0.25) is 4.90 Å². The third kappa shape index (κ3) is 1.92. The molecule has 1 aliphatic rings. The molecule has 0 radical (unpaired) electrons. The topological polar surface area (TPSA) is 15.3 Å². The second-order valence-corrected chi connectivity index (χ2v) is 2.76. The molecule has 1 atom stereocenters. The van der Waals surface area contributed by atoms with Crippen molar-refractivity contribution >= 4 is 0 Å². The van der Waals surface area contributed by atoms with Crippen LogP contribution in [0, 0.1) is 0 Å². The van der Waals surface area contributed by atoms with Crippen LogP contribution in [0.25, 0.3) is 0 Å². The molecule has 0 saturated carbocycles. The van der Waals surface area contributed by atoms with Crippen LogP contribution in [-0.2, 0) is 0 Å². The number of likely N-dealkylation sites (tertiary alicyclic amines) is 1. The molecule has 1 fully saturated rings. The van der Waals surface area contributed by atoms with E-state index in [2.05, 4.69) is 10.2 Å². The van der Waals surface area contributed by atoms with E-state index in [9.17, 15) is 4.39 Å². The van der Waals surface area contributed by atoms with E-state index >= 15 is 0 Å². The molecular formula is C7H15FN2. The molecule has 10 heavy (non-hydrogen) atoms. The van der Waals surface area contributed by atoms with E-state index in [1.165, 1.54) is 0 Å². The molecule has 0 bridgehead atoms. The zero-order chi connectivity index (χ0) is 7.40. The lowest BCUT2D eigenvalue weighted by atomic mass is 10.3. The quantitative estimate of drug-likeness (QED) is 0.614. The molecule has 0 aliphatic carbocycles. The van der Waals surface area contributed by atoms with Crippen molar-refractivity contribution in [3.05, 3.63) is 0 Å². The zero-order valence-electron chi connectivity index (χ0n) is 6.44. The van der Waals surface area contributed by atoms with E-state index in [0.29, 0.717) is 12.6 Å². The van der Waals surface area contributed by atoms with Crippen LogP contribution in [0.2, 0.25) is 0 Å². The molecule has 2 nitrogen and oxygen atoms in total. The molecule has 0 spiro atoms. The highest BCUT2D eigenvalue weighted by Crippen LogP contribution is 2.07. The molecule has 0 aromatic carbocycles. The highest BCUT2D eigenvalue weighted by Gasteiger charge is 2.19. The van der Waals surface area contributed by atoms with E-state index < -0.39 is 0 Å². The van der Waals surface area contributed by atoms with Crippen molar-refractivity contribution in [1.82, 2.24) is 10.2 Å². The molecule has 1 rings (SSSR count). The van der Waals surface area contributed by atoms with Crippen LogP contribution < -0.4 is 5.32 Å². The molecular weight excluding hydrogens is 131 g/mol. The van der Waals surface area contributed by atoms with Crippen LogP contribution in [0.5, 0.6) is 0 Å². The maximum Gasteiger partial charge on any atom is 0.102 e. The van der Waals surface area contributed by atoms with Crippen LogP contribution >= 0.6 is 0 Å². The second kappa shape index (κ2) is 3.88. The van der Waals surface area contributed by atoms with Gasteiger partial charge in [-0.2, -0.15) is 0 Å². The number of nitrogens with zero attached hydrogens (tertiary/aromatic N) is 1. The first-order valence-corrected chi connectivity index (χ1v) is 3.82. The van der Waals surface area contributed by atoms with Gasteiger partial charge in [0, 0.05) is 19.1 Å². The van der Waals surface area contributed by atoms with Crippen molar-refractivity contribution in [2.75, 3.05) is 33.4 Å². The highest BCUT2D eigenvalue weighted by atomic mass is 19.1. The molecule has 1 heterocycles. The van der Waals surface area contributed by atoms with Crippen molar-refractivity contribution in [2.24, 2.45) is 0 Å². The second-order valence-electron chi connectivity index (χ2n) is 2.76. The number of hydrogen-bond acceptors (Lipinski definition) is 2. The maximum atomic E-state index is 11.8. The van der Waals surface area contributed by atoms with Crippen molar-refractivity contribution in [2.45, 2.75) is 12.5 Å². The van der Waals surface area contributed by atoms with Gasteiger partial charge in [0.25, 0.3) is 0 Å². The molecule has 1 N–H and O–H groups in total. The van der Waals surface area contributed by atoms with E-state index in [0.717, 1.165) is 19.5 Å². The number of halogens is 1. The lowest BCUT2D eigenvalue weighted by Crippen LogP contribution is -2.30. The van der Waals surface area contributed by atoms with Crippen molar-refractivity contribution < 1.29 is 4.39 Å². The summed E-state index contributed by atoms with van der Waals surface area (Å²) in [6.07, 6.45) is 1.16. The van der Waals surface area contributed by atoms with Gasteiger partial charge in [-0.25, -0.2) is 4.39 Å². The molecule has 0 amide bonds. The first-order valence-electron chi connectivity index (χ1n) is 3.82. The predicted molar refractivity (Wildman–Crippen MR) is 39.9 cm³/mol. The Morgan fingerprint density at radius 3 is 3.00 bits per heavy atom. The number of hydrogen-bond donors (Lipinski definition) is 1. The van der Waals surface area contributed by atoms with Crippen LogP contribution in [0.15, 0.2) is 0 Å². The fourth-order valence-corrected chi connectivity index (χ4v) is 1.39. The summed E-state index contributed by atoms with van der Waals surface area (Å²) in [5, 5.41) is 3.19. The highest BCUT2D eigenvalue weighted by molar-refractivity contribution is 4.79. The Hall–Kier alpha value is -0.150. The Labute approximate surface area is 61.4 Å². The number of nitrogens with one attached hydrogen (secondary N) is 1. The van der Waals surface area contributed by atoms with Crippen LogP contribution in [-0.4, -0.2) is 44.3 Å². The summed E-state index contributed by atoms with van der Waals surface area (Å²) in [7, 11) is 1.96. The summed E-state index contributed by atoms with van der Waals surface area (Å²) in [4.78, 5) is 2.15. The largest absolute Gasteiger partial charge is 0.316 e. The molecule has 0 unspecified atom stereocenters. The summed E-state index contributed by atoms with van der Waals surface area (Å²) in [6, 6.07) is 0.589. The number of likely N-dealkylation sites (N-methyl/N-ethyl adjacent to an activating group) is 1. The van der Waals surface area contributed by atoms with Gasteiger partial charge >= 0.3 is 0 Å². The average Bonchev–Trinajstić information content (AvgIpc) is 2.37. The van der Waals surface area contributed by atoms with E-state index in [1.807, 2.05) is 7.05 Å². The maximum absolute atomic E-state index is 11.8. The molecule has 1 saturated heterocycles. The first kappa shape index (κ1) is 7.95. The average molecular weight is 146 g/mol. The zero-order valence-corrected chi connectivity index (χ0v) is 6.44. The SMILES string of the molecule is CN[C@@H]1CCN(CCF)C1. The standard InChI is InChI=1S/C7H15FN2/c1-9-7-2-4-10(6-7)5-3-8/h7,9H,2-6H2,1H3/t7-/m1/s1. The third-order valence-electron chi connectivity index (χ3n) is 2.08. The fourth-order valence-electron chi connectivity index (χ4n) is 1.39. The predicted octanol–water partition coefficient (Wildman–Crippen LogP) is 0.250. The fraction of sp³-hybridized carbons (Fsp3) is 1.00. The lowest BCUT2D eigenvalue weighted by Gasteiger charge is -2.12. The summed E-state index contributed by atoms with van der Waals surface area (Å²) in [6.45, 7) is 2.46. The Morgan fingerprint density at radius 1 is 1.70 bits per heavy atom. The lowest BCUT2D eigenvalue weighted by molar-refractivity contribution is 0.291. The minimum atomic E-state index is -0.212. The minimum Gasteiger partial charge on any atom is -0.316 e. The summed E-state index contributed by atoms with van der Waals surface area (Å²) in [5.74, 6) is 0. The molecule has 0 aromatic rings. The van der Waals surface area contributed by atoms with Gasteiger partial charge in [0.05, 0.1) is 0 Å². The van der Waals surface area contributed by atoms with Gasteiger partial charge in [-0.15, -0.1) is 0 Å². The van der Waals surface area contributed by atoms with Gasteiger partial charge in [0.2, 0.25) is 0 Å². The smallest absolute Gasteiger partial charge is 0.102 e. The first-order chi connectivity index (χ1) is 4.86. The van der Waals surface area contributed by atoms with Gasteiger partial charge in [0.1, 0.15) is 6.67 Å². The van der Waals surface area contributed by atoms with Crippen molar-refractivity contribution in [3.8, 4) is 0 Å². The molecule has 1 aliphatic heterocycles. The Kier molecular flexibility index (Phi) is 3.09. The third-order valence-corrected chi connectivity index (χ3v) is 2.08. The number of alkyl halides is 1. The van der Waals surface area contributed by atoms with E-state index in [1.54, 1.807) is 0 Å². The summed E-state index contributed by atoms with van der Waals surface area (Å²) < 4.78 is 11.8. The van der Waals surface area contributed by atoms with Crippen molar-refractivity contribution in [3.63, 3.8) is 0 Å². The summed E-state index contributed by atoms with van der Waals surface area (Å²) >= 11 is 0. The normalized spacial score (nSPS) is 27.6. The molecule has 3 heteroatoms. The van der Waals surface area contributed by atoms with Crippen LogP contribution in [0.4, 0.5) is 4.39 Å². The van der Waals surface area contributed by atoms with Crippen molar-refractivity contribution in [1.29, 1.82) is 0 Å². The monoisotopic (exact) mass is 146 g/mol. The van der Waals surface area contributed by atoms with Gasteiger partial charge in [-0.1, -0.05) is 0 Å². The van der Waals surface area contributed by atoms with Gasteiger partial charge < -0.3 is 5.32 Å².